The van der Waals surface area contributed by atoms with E-state index in [1.54, 1.807) is 12.1 Å². The lowest BCUT2D eigenvalue weighted by Crippen LogP contribution is -2.12. The fourth-order valence-electron chi connectivity index (χ4n) is 2.16. The van der Waals surface area contributed by atoms with Gasteiger partial charge in [-0.25, -0.2) is 0 Å². The number of rotatable bonds is 4. The Morgan fingerprint density at radius 3 is 2.58 bits per heavy atom. The Morgan fingerprint density at radius 1 is 1.08 bits per heavy atom. The van der Waals surface area contributed by atoms with Crippen LogP contribution < -0.4 is 4.18 Å². The summed E-state index contributed by atoms with van der Waals surface area (Å²) in [5.41, 5.74) is -0.323. The number of halogens is 1. The Hall–Kier alpha value is -2.71. The van der Waals surface area contributed by atoms with Crippen LogP contribution in [0.2, 0.25) is 5.02 Å². The molecular weight excluding hydrogens is 356 g/mol. The molecule has 0 amide bonds. The Kier molecular flexibility index (Phi) is 4.08. The van der Waals surface area contributed by atoms with Crippen molar-refractivity contribution in [1.29, 1.82) is 0 Å². The predicted octanol–water partition coefficient (Wildman–Crippen LogP) is 3.56. The lowest BCUT2D eigenvalue weighted by atomic mass is 10.2. The minimum atomic E-state index is -4.42. The van der Waals surface area contributed by atoms with Gasteiger partial charge < -0.3 is 4.18 Å². The first-order valence-electron chi connectivity index (χ1n) is 6.61. The molecule has 1 heterocycles. The summed E-state index contributed by atoms with van der Waals surface area (Å²) in [4.78, 5) is 13.8. The number of pyridine rings is 1. The summed E-state index contributed by atoms with van der Waals surface area (Å²) in [7, 11) is -4.42. The van der Waals surface area contributed by atoms with Crippen molar-refractivity contribution in [2.45, 2.75) is 4.90 Å². The molecule has 24 heavy (non-hydrogen) atoms. The van der Waals surface area contributed by atoms with Crippen LogP contribution in [-0.2, 0) is 10.1 Å². The molecule has 1 aromatic heterocycles. The molecule has 0 unspecified atom stereocenters. The zero-order valence-electron chi connectivity index (χ0n) is 11.9. The van der Waals surface area contributed by atoms with E-state index in [1.165, 1.54) is 30.5 Å². The maximum atomic E-state index is 12.5. The van der Waals surface area contributed by atoms with Gasteiger partial charge in [0.1, 0.15) is 5.52 Å². The number of nitro groups is 1. The zero-order valence-corrected chi connectivity index (χ0v) is 13.5. The van der Waals surface area contributed by atoms with Gasteiger partial charge >= 0.3 is 10.1 Å². The van der Waals surface area contributed by atoms with E-state index in [0.717, 1.165) is 12.1 Å². The van der Waals surface area contributed by atoms with Gasteiger partial charge in [0.25, 0.3) is 5.69 Å². The summed E-state index contributed by atoms with van der Waals surface area (Å²) in [6, 6.07) is 11.1. The lowest BCUT2D eigenvalue weighted by Gasteiger charge is -2.10. The van der Waals surface area contributed by atoms with Gasteiger partial charge in [-0.15, -0.1) is 0 Å². The number of benzene rings is 2. The van der Waals surface area contributed by atoms with E-state index >= 15 is 0 Å². The number of nitrogens with zero attached hydrogens (tertiary/aromatic N) is 2. The second kappa shape index (κ2) is 6.06. The summed E-state index contributed by atoms with van der Waals surface area (Å²) in [5, 5.41) is 11.9. The molecule has 7 nitrogen and oxygen atoms in total. The topological polar surface area (TPSA) is 99.4 Å². The van der Waals surface area contributed by atoms with E-state index < -0.39 is 25.6 Å². The van der Waals surface area contributed by atoms with Gasteiger partial charge in [-0.1, -0.05) is 23.7 Å². The number of para-hydroxylation sites is 1. The van der Waals surface area contributed by atoms with Crippen molar-refractivity contribution in [3.63, 3.8) is 0 Å². The molecule has 0 N–H and O–H groups in total. The molecule has 0 saturated heterocycles. The van der Waals surface area contributed by atoms with E-state index in [9.17, 15) is 18.5 Å². The van der Waals surface area contributed by atoms with Crippen LogP contribution >= 0.6 is 11.6 Å². The minimum absolute atomic E-state index is 0.0619. The number of hydrogen-bond acceptors (Lipinski definition) is 6. The standard InChI is InChI=1S/C15H9ClN2O5S/c16-11-7-8-13(15-10(11)4-3-9-17-15)23-24(21,22)14-6-2-1-5-12(14)18(19)20/h1-9H. The van der Waals surface area contributed by atoms with Crippen LogP contribution in [0.4, 0.5) is 5.69 Å². The second-order valence-corrected chi connectivity index (χ2v) is 6.63. The second-order valence-electron chi connectivity index (χ2n) is 4.71. The highest BCUT2D eigenvalue weighted by atomic mass is 35.5. The van der Waals surface area contributed by atoms with Gasteiger partial charge in [-0.2, -0.15) is 8.42 Å². The smallest absolute Gasteiger partial charge is 0.346 e. The van der Waals surface area contributed by atoms with Crippen molar-refractivity contribution < 1.29 is 17.5 Å². The molecule has 9 heteroatoms. The van der Waals surface area contributed by atoms with Crippen LogP contribution in [0.1, 0.15) is 0 Å². The highest BCUT2D eigenvalue weighted by Gasteiger charge is 2.28. The molecular formula is C15H9ClN2O5S. The van der Waals surface area contributed by atoms with Crippen molar-refractivity contribution in [2.75, 3.05) is 0 Å². The molecule has 0 bridgehead atoms. The summed E-state index contributed by atoms with van der Waals surface area (Å²) in [5.74, 6) is -0.0619. The zero-order chi connectivity index (χ0) is 17.3. The SMILES string of the molecule is O=[N+]([O-])c1ccccc1S(=O)(=O)Oc1ccc(Cl)c2cccnc12. The van der Waals surface area contributed by atoms with E-state index in [1.807, 2.05) is 0 Å². The predicted molar refractivity (Wildman–Crippen MR) is 87.7 cm³/mol. The molecule has 0 spiro atoms. The van der Waals surface area contributed by atoms with Crippen molar-refractivity contribution in [2.24, 2.45) is 0 Å². The Bertz CT molecular complexity index is 1050. The van der Waals surface area contributed by atoms with Gasteiger partial charge in [0.15, 0.2) is 10.6 Å². The first-order chi connectivity index (χ1) is 11.4. The highest BCUT2D eigenvalue weighted by molar-refractivity contribution is 7.87. The summed E-state index contributed by atoms with van der Waals surface area (Å²) < 4.78 is 30.0. The molecule has 0 saturated carbocycles. The van der Waals surface area contributed by atoms with E-state index in [4.69, 9.17) is 15.8 Å². The first kappa shape index (κ1) is 16.2. The van der Waals surface area contributed by atoms with Gasteiger partial charge in [-0.05, 0) is 30.3 Å². The van der Waals surface area contributed by atoms with Gasteiger partial charge in [-0.3, -0.25) is 15.1 Å². The Labute approximate surface area is 141 Å². The summed E-state index contributed by atoms with van der Waals surface area (Å²) in [6.45, 7) is 0. The average molecular weight is 365 g/mol. The van der Waals surface area contributed by atoms with Crippen molar-refractivity contribution in [3.8, 4) is 5.75 Å². The third-order valence-electron chi connectivity index (χ3n) is 3.21. The maximum absolute atomic E-state index is 12.5. The quantitative estimate of drug-likeness (QED) is 0.398. The fraction of sp³-hybridized carbons (Fsp3) is 0. The van der Waals surface area contributed by atoms with Crippen molar-refractivity contribution >= 4 is 38.3 Å². The first-order valence-corrected chi connectivity index (χ1v) is 8.40. The van der Waals surface area contributed by atoms with Crippen LogP contribution in [0.25, 0.3) is 10.9 Å². The van der Waals surface area contributed by atoms with E-state index in [2.05, 4.69) is 4.98 Å². The van der Waals surface area contributed by atoms with Crippen LogP contribution in [0, 0.1) is 10.1 Å². The van der Waals surface area contributed by atoms with E-state index in [0.29, 0.717) is 10.4 Å². The van der Waals surface area contributed by atoms with Crippen LogP contribution in [-0.4, -0.2) is 18.3 Å². The van der Waals surface area contributed by atoms with Gasteiger partial charge in [0.05, 0.1) is 9.95 Å². The van der Waals surface area contributed by atoms with Crippen molar-refractivity contribution in [3.05, 3.63) is 69.9 Å². The molecule has 0 aliphatic heterocycles. The highest BCUT2D eigenvalue weighted by Crippen LogP contribution is 2.33. The maximum Gasteiger partial charge on any atom is 0.346 e. The van der Waals surface area contributed by atoms with Crippen LogP contribution in [0.3, 0.4) is 0 Å². The number of nitro benzene ring substituents is 1. The molecule has 0 radical (unpaired) electrons. The normalized spacial score (nSPS) is 11.4. The lowest BCUT2D eigenvalue weighted by molar-refractivity contribution is -0.387. The number of fused-ring (bicyclic) bond motifs is 1. The Balaban J connectivity index is 2.12. The molecule has 3 rings (SSSR count). The summed E-state index contributed by atoms with van der Waals surface area (Å²) >= 11 is 6.05. The van der Waals surface area contributed by atoms with Crippen LogP contribution in [0.5, 0.6) is 5.75 Å². The van der Waals surface area contributed by atoms with Crippen molar-refractivity contribution in [1.82, 2.24) is 4.98 Å². The van der Waals surface area contributed by atoms with Crippen LogP contribution in [0.15, 0.2) is 59.6 Å². The van der Waals surface area contributed by atoms with E-state index in [-0.39, 0.29) is 11.3 Å². The number of hydrogen-bond donors (Lipinski definition) is 0. The molecule has 0 aliphatic carbocycles. The average Bonchev–Trinajstić information content (AvgIpc) is 2.57. The molecule has 122 valence electrons. The fourth-order valence-corrected chi connectivity index (χ4v) is 3.48. The third kappa shape index (κ3) is 2.89. The number of aromatic nitrogens is 1. The molecule has 3 aromatic rings. The molecule has 2 aromatic carbocycles. The monoisotopic (exact) mass is 364 g/mol. The molecule has 0 aliphatic rings. The molecule has 0 atom stereocenters. The summed E-state index contributed by atoms with van der Waals surface area (Å²) in [6.07, 6.45) is 1.46. The minimum Gasteiger partial charge on any atom is -0.376 e. The Morgan fingerprint density at radius 2 is 1.83 bits per heavy atom. The third-order valence-corrected chi connectivity index (χ3v) is 4.82. The molecule has 0 fully saturated rings. The van der Waals surface area contributed by atoms with Gasteiger partial charge in [0.2, 0.25) is 0 Å². The van der Waals surface area contributed by atoms with Gasteiger partial charge in [0, 0.05) is 17.6 Å². The largest absolute Gasteiger partial charge is 0.376 e.